The van der Waals surface area contributed by atoms with Crippen molar-refractivity contribution in [3.05, 3.63) is 83.7 Å². The molecule has 1 fully saturated rings. The van der Waals surface area contributed by atoms with E-state index in [0.717, 1.165) is 38.3 Å². The Morgan fingerprint density at radius 1 is 1.07 bits per heavy atom. The van der Waals surface area contributed by atoms with Gasteiger partial charge in [0.1, 0.15) is 5.82 Å². The Kier molecular flexibility index (Phi) is 7.67. The van der Waals surface area contributed by atoms with Crippen LogP contribution in [0.25, 0.3) is 0 Å². The number of nitrogens with zero attached hydrogens (tertiary/aromatic N) is 3. The number of amides is 1. The quantitative estimate of drug-likeness (QED) is 0.426. The van der Waals surface area contributed by atoms with Crippen LogP contribution in [0.1, 0.15) is 16.7 Å². The first-order valence-corrected chi connectivity index (χ1v) is 9.83. The second-order valence-electron chi connectivity index (χ2n) is 7.22. The van der Waals surface area contributed by atoms with Crippen molar-refractivity contribution in [2.24, 2.45) is 5.10 Å². The fraction of sp³-hybridized carbons (Fsp3) is 0.304. The van der Waals surface area contributed by atoms with Crippen LogP contribution in [0, 0.1) is 5.82 Å². The Hall–Kier alpha value is -2.83. The van der Waals surface area contributed by atoms with E-state index in [1.54, 1.807) is 6.08 Å². The molecule has 0 bridgehead atoms. The molecular formula is C23H27FN4O. The average molecular weight is 394 g/mol. The Bertz CT molecular complexity index is 845. The number of allylic oxidation sites excluding steroid dienone is 1. The van der Waals surface area contributed by atoms with Gasteiger partial charge >= 0.3 is 0 Å². The van der Waals surface area contributed by atoms with Crippen molar-refractivity contribution in [2.45, 2.75) is 13.0 Å². The fourth-order valence-electron chi connectivity index (χ4n) is 3.40. The van der Waals surface area contributed by atoms with Crippen molar-refractivity contribution in [3.8, 4) is 0 Å². The Labute approximate surface area is 171 Å². The molecule has 0 atom stereocenters. The third-order valence-corrected chi connectivity index (χ3v) is 4.84. The van der Waals surface area contributed by atoms with Gasteiger partial charge in [-0.2, -0.15) is 5.10 Å². The van der Waals surface area contributed by atoms with E-state index in [2.05, 4.69) is 51.2 Å². The topological polar surface area (TPSA) is 47.9 Å². The smallest absolute Gasteiger partial charge is 0.254 e. The summed E-state index contributed by atoms with van der Waals surface area (Å²) >= 11 is 0. The minimum Gasteiger partial charge on any atom is -0.297 e. The summed E-state index contributed by atoms with van der Waals surface area (Å²) in [6, 6.07) is 15.1. The van der Waals surface area contributed by atoms with Crippen molar-refractivity contribution in [1.82, 2.24) is 15.2 Å². The average Bonchev–Trinajstić information content (AvgIpc) is 2.70. The van der Waals surface area contributed by atoms with Crippen LogP contribution in [0.5, 0.6) is 0 Å². The lowest BCUT2D eigenvalue weighted by Gasteiger charge is -2.34. The number of hydrazone groups is 1. The molecule has 1 aliphatic heterocycles. The monoisotopic (exact) mass is 394 g/mol. The number of halogens is 1. The molecule has 0 aromatic heterocycles. The van der Waals surface area contributed by atoms with E-state index in [4.69, 9.17) is 0 Å². The second-order valence-corrected chi connectivity index (χ2v) is 7.22. The first-order valence-electron chi connectivity index (χ1n) is 9.83. The molecule has 2 aromatic carbocycles. The van der Waals surface area contributed by atoms with Gasteiger partial charge in [-0.05, 0) is 41.3 Å². The molecule has 0 spiro atoms. The second kappa shape index (κ2) is 10.6. The molecule has 1 aliphatic rings. The molecule has 29 heavy (non-hydrogen) atoms. The number of hydrogen-bond donors (Lipinski definition) is 1. The summed E-state index contributed by atoms with van der Waals surface area (Å²) in [5.41, 5.74) is 5.27. The van der Waals surface area contributed by atoms with Gasteiger partial charge in [0.25, 0.3) is 5.91 Å². The third kappa shape index (κ3) is 6.93. The van der Waals surface area contributed by atoms with Crippen molar-refractivity contribution in [3.63, 3.8) is 0 Å². The SMILES string of the molecule is C=CCc1cc(F)cc(/C=N/NC(=O)CN2CCN(Cc3ccccc3)CC2)c1. The highest BCUT2D eigenvalue weighted by Gasteiger charge is 2.18. The van der Waals surface area contributed by atoms with Gasteiger partial charge in [0, 0.05) is 32.7 Å². The van der Waals surface area contributed by atoms with Gasteiger partial charge in [-0.3, -0.25) is 14.6 Å². The Morgan fingerprint density at radius 3 is 2.52 bits per heavy atom. The van der Waals surface area contributed by atoms with E-state index in [1.807, 2.05) is 12.1 Å². The van der Waals surface area contributed by atoms with Gasteiger partial charge < -0.3 is 0 Å². The first-order chi connectivity index (χ1) is 14.1. The molecule has 3 rings (SSSR count). The lowest BCUT2D eigenvalue weighted by atomic mass is 10.1. The van der Waals surface area contributed by atoms with Gasteiger partial charge in [0.15, 0.2) is 0 Å². The lowest BCUT2D eigenvalue weighted by molar-refractivity contribution is -0.122. The predicted octanol–water partition coefficient (Wildman–Crippen LogP) is 2.82. The van der Waals surface area contributed by atoms with Crippen LogP contribution in [-0.4, -0.2) is 54.6 Å². The number of rotatable bonds is 8. The number of hydrogen-bond acceptors (Lipinski definition) is 4. The maximum Gasteiger partial charge on any atom is 0.254 e. The van der Waals surface area contributed by atoms with E-state index in [1.165, 1.54) is 23.9 Å². The molecule has 0 saturated carbocycles. The van der Waals surface area contributed by atoms with Crippen molar-refractivity contribution < 1.29 is 9.18 Å². The van der Waals surface area contributed by atoms with Gasteiger partial charge in [-0.1, -0.05) is 36.4 Å². The predicted molar refractivity (Wildman–Crippen MR) is 114 cm³/mol. The van der Waals surface area contributed by atoms with Crippen molar-refractivity contribution in [2.75, 3.05) is 32.7 Å². The normalized spacial score (nSPS) is 15.5. The number of carbonyl (C=O) groups excluding carboxylic acids is 1. The summed E-state index contributed by atoms with van der Waals surface area (Å²) in [6.07, 6.45) is 3.77. The standard InChI is InChI=1S/C23H27FN4O/c1-2-6-20-13-21(15-22(24)14-20)16-25-26-23(29)18-28-11-9-27(10-12-28)17-19-7-4-3-5-8-19/h2-5,7-8,13-16H,1,6,9-12,17-18H2,(H,26,29)/b25-16+. The molecule has 5 nitrogen and oxygen atoms in total. The van der Waals surface area contributed by atoms with Gasteiger partial charge in [-0.25, -0.2) is 9.82 Å². The van der Waals surface area contributed by atoms with E-state index < -0.39 is 0 Å². The molecule has 1 N–H and O–H groups in total. The van der Waals surface area contributed by atoms with E-state index in [0.29, 0.717) is 18.5 Å². The summed E-state index contributed by atoms with van der Waals surface area (Å²) in [6.45, 7) is 8.46. The third-order valence-electron chi connectivity index (χ3n) is 4.84. The van der Waals surface area contributed by atoms with Crippen LogP contribution in [-0.2, 0) is 17.8 Å². The number of benzene rings is 2. The minimum atomic E-state index is -0.328. The molecule has 2 aromatic rings. The number of carbonyl (C=O) groups is 1. The molecule has 1 amide bonds. The molecule has 1 heterocycles. The largest absolute Gasteiger partial charge is 0.297 e. The van der Waals surface area contributed by atoms with Crippen LogP contribution in [0.15, 0.2) is 66.3 Å². The zero-order valence-electron chi connectivity index (χ0n) is 16.6. The lowest BCUT2D eigenvalue weighted by Crippen LogP contribution is -2.48. The van der Waals surface area contributed by atoms with Gasteiger partial charge in [-0.15, -0.1) is 6.58 Å². The van der Waals surface area contributed by atoms with E-state index in [-0.39, 0.29) is 11.7 Å². The zero-order valence-corrected chi connectivity index (χ0v) is 16.6. The van der Waals surface area contributed by atoms with Crippen molar-refractivity contribution >= 4 is 12.1 Å². The Balaban J connectivity index is 1.41. The highest BCUT2D eigenvalue weighted by atomic mass is 19.1. The zero-order chi connectivity index (χ0) is 20.5. The van der Waals surface area contributed by atoms with Crippen LogP contribution in [0.3, 0.4) is 0 Å². The molecule has 0 radical (unpaired) electrons. The van der Waals surface area contributed by atoms with Crippen LogP contribution in [0.4, 0.5) is 4.39 Å². The molecule has 0 unspecified atom stereocenters. The highest BCUT2D eigenvalue weighted by Crippen LogP contribution is 2.09. The first kappa shape index (κ1) is 20.9. The summed E-state index contributed by atoms with van der Waals surface area (Å²) in [5, 5.41) is 3.97. The molecule has 152 valence electrons. The molecule has 6 heteroatoms. The van der Waals surface area contributed by atoms with Crippen molar-refractivity contribution in [1.29, 1.82) is 0 Å². The minimum absolute atomic E-state index is 0.166. The van der Waals surface area contributed by atoms with Gasteiger partial charge in [0.2, 0.25) is 0 Å². The van der Waals surface area contributed by atoms with Crippen LogP contribution < -0.4 is 5.43 Å². The van der Waals surface area contributed by atoms with Gasteiger partial charge in [0.05, 0.1) is 12.8 Å². The van der Waals surface area contributed by atoms with E-state index in [9.17, 15) is 9.18 Å². The summed E-state index contributed by atoms with van der Waals surface area (Å²) in [4.78, 5) is 16.7. The summed E-state index contributed by atoms with van der Waals surface area (Å²) in [7, 11) is 0. The molecule has 0 aliphatic carbocycles. The molecule has 1 saturated heterocycles. The molecular weight excluding hydrogens is 367 g/mol. The fourth-order valence-corrected chi connectivity index (χ4v) is 3.40. The summed E-state index contributed by atoms with van der Waals surface area (Å²) < 4.78 is 13.6. The maximum absolute atomic E-state index is 13.6. The summed E-state index contributed by atoms with van der Waals surface area (Å²) in [5.74, 6) is -0.494. The van der Waals surface area contributed by atoms with Crippen LogP contribution in [0.2, 0.25) is 0 Å². The van der Waals surface area contributed by atoms with E-state index >= 15 is 0 Å². The number of nitrogens with one attached hydrogen (secondary N) is 1. The Morgan fingerprint density at radius 2 is 1.79 bits per heavy atom. The maximum atomic E-state index is 13.6. The van der Waals surface area contributed by atoms with Crippen LogP contribution >= 0.6 is 0 Å². The number of piperazine rings is 1. The highest BCUT2D eigenvalue weighted by molar-refractivity contribution is 5.83.